The Balaban J connectivity index is 1.26. The lowest BCUT2D eigenvalue weighted by Gasteiger charge is -2.49. The van der Waals surface area contributed by atoms with Crippen LogP contribution in [0.4, 0.5) is 25.4 Å². The number of carbonyl (C=O) groups is 1. The first-order chi connectivity index (χ1) is 23.2. The molecule has 2 fully saturated rings. The Hall–Kier alpha value is -4.25. The summed E-state index contributed by atoms with van der Waals surface area (Å²) in [5, 5.41) is 25.7. The first kappa shape index (κ1) is 33.3. The molecule has 49 heavy (non-hydrogen) atoms. The Labute approximate surface area is 291 Å². The van der Waals surface area contributed by atoms with Crippen molar-refractivity contribution in [3.63, 3.8) is 0 Å². The molecule has 2 N–H and O–H groups in total. The number of ether oxygens (including phenoxy) is 1. The van der Waals surface area contributed by atoms with Gasteiger partial charge in [-0.2, -0.15) is 25.6 Å². The van der Waals surface area contributed by atoms with Crippen LogP contribution < -0.4 is 20.3 Å². The molecule has 4 aliphatic rings. The number of anilines is 3. The van der Waals surface area contributed by atoms with Crippen molar-refractivity contribution in [3.8, 4) is 18.1 Å². The molecule has 0 bridgehead atoms. The number of nitriles is 2. The van der Waals surface area contributed by atoms with Gasteiger partial charge in [0.1, 0.15) is 29.3 Å². The molecule has 3 aromatic heterocycles. The van der Waals surface area contributed by atoms with Gasteiger partial charge in [-0.05, 0) is 38.9 Å². The highest BCUT2D eigenvalue weighted by atomic mass is 35.5. The lowest BCUT2D eigenvalue weighted by molar-refractivity contribution is 0.0288. The van der Waals surface area contributed by atoms with E-state index in [1.54, 1.807) is 37.8 Å². The first-order valence-electron chi connectivity index (χ1n) is 16.0. The largest absolute Gasteiger partial charge is 0.462 e. The lowest BCUT2D eigenvalue weighted by atomic mass is 9.74. The van der Waals surface area contributed by atoms with Crippen LogP contribution in [0.15, 0.2) is 0 Å². The molecule has 5 heterocycles. The van der Waals surface area contributed by atoms with E-state index in [2.05, 4.69) is 27.2 Å². The number of nitrogens with two attached hydrogens (primary N) is 1. The number of fused-ring (bicyclic) bond motifs is 3. The molecule has 2 aliphatic carbocycles. The maximum atomic E-state index is 14.7. The summed E-state index contributed by atoms with van der Waals surface area (Å²) in [6.45, 7) is 1.95. The fourth-order valence-electron chi connectivity index (χ4n) is 7.59. The molecule has 7 rings (SSSR count). The van der Waals surface area contributed by atoms with Crippen LogP contribution in [0.25, 0.3) is 0 Å². The monoisotopic (exact) mass is 711 g/mol. The average molecular weight is 712 g/mol. The molecule has 17 heteroatoms. The summed E-state index contributed by atoms with van der Waals surface area (Å²) in [4.78, 5) is 30.2. The summed E-state index contributed by atoms with van der Waals surface area (Å²) in [5.41, 5.74) is 6.96. The molecule has 3 aromatic rings. The van der Waals surface area contributed by atoms with Crippen LogP contribution in [0.2, 0.25) is 5.02 Å². The quantitative estimate of drug-likeness (QED) is 0.365. The second kappa shape index (κ2) is 11.7. The van der Waals surface area contributed by atoms with Crippen molar-refractivity contribution in [2.75, 3.05) is 76.5 Å². The Kier molecular flexibility index (Phi) is 7.92. The Morgan fingerprint density at radius 2 is 1.78 bits per heavy atom. The third-order valence-electron chi connectivity index (χ3n) is 10.1. The van der Waals surface area contributed by atoms with Gasteiger partial charge in [-0.1, -0.05) is 11.6 Å². The van der Waals surface area contributed by atoms with Crippen molar-refractivity contribution < 1.29 is 18.3 Å². The number of alkyl halides is 2. The van der Waals surface area contributed by atoms with Gasteiger partial charge in [0, 0.05) is 63.5 Å². The van der Waals surface area contributed by atoms with E-state index in [-0.39, 0.29) is 65.5 Å². The highest BCUT2D eigenvalue weighted by Gasteiger charge is 2.71. The number of thiophene rings is 1. The van der Waals surface area contributed by atoms with Crippen molar-refractivity contribution in [2.24, 2.45) is 5.41 Å². The predicted molar refractivity (Wildman–Crippen MR) is 179 cm³/mol. The number of halogens is 3. The molecule has 1 unspecified atom stereocenters. The number of carbonyl (C=O) groups excluding carboxylic acids is 1. The van der Waals surface area contributed by atoms with Gasteiger partial charge in [0.25, 0.3) is 11.8 Å². The summed E-state index contributed by atoms with van der Waals surface area (Å²) in [7, 11) is 6.73. The highest BCUT2D eigenvalue weighted by molar-refractivity contribution is 7.16. The minimum Gasteiger partial charge on any atom is -0.462 e. The van der Waals surface area contributed by atoms with Crippen LogP contribution in [0.5, 0.6) is 6.01 Å². The molecule has 13 nitrogen and oxygen atoms in total. The number of amides is 1. The second-order valence-corrected chi connectivity index (χ2v) is 15.5. The van der Waals surface area contributed by atoms with Crippen LogP contribution in [-0.2, 0) is 24.9 Å². The molecule has 2 aliphatic heterocycles. The number of aryl methyl sites for hydroxylation is 2. The molecular weight excluding hydrogens is 676 g/mol. The van der Waals surface area contributed by atoms with Gasteiger partial charge in [0.15, 0.2) is 17.3 Å². The molecule has 1 saturated heterocycles. The summed E-state index contributed by atoms with van der Waals surface area (Å²) in [6.07, 6.45) is 1.95. The van der Waals surface area contributed by atoms with E-state index in [9.17, 15) is 24.1 Å². The van der Waals surface area contributed by atoms with E-state index in [0.717, 1.165) is 23.3 Å². The van der Waals surface area contributed by atoms with Crippen molar-refractivity contribution in [1.29, 1.82) is 10.5 Å². The molecular formula is C32H36ClF2N11O2S. The Morgan fingerprint density at radius 1 is 1.10 bits per heavy atom. The van der Waals surface area contributed by atoms with Crippen molar-refractivity contribution in [1.82, 2.24) is 29.5 Å². The van der Waals surface area contributed by atoms with Gasteiger partial charge in [-0.3, -0.25) is 9.48 Å². The van der Waals surface area contributed by atoms with Gasteiger partial charge in [0.05, 0.1) is 28.2 Å². The highest BCUT2D eigenvalue weighted by Crippen LogP contribution is 2.61. The van der Waals surface area contributed by atoms with E-state index < -0.39 is 11.3 Å². The summed E-state index contributed by atoms with van der Waals surface area (Å²) >= 11 is 8.20. The maximum absolute atomic E-state index is 14.7. The Morgan fingerprint density at radius 3 is 2.39 bits per heavy atom. The zero-order chi connectivity index (χ0) is 35.0. The van der Waals surface area contributed by atoms with E-state index >= 15 is 0 Å². The first-order valence-corrected chi connectivity index (χ1v) is 17.2. The number of hydrogen-bond donors (Lipinski definition) is 1. The summed E-state index contributed by atoms with van der Waals surface area (Å²) in [6, 6.07) is 4.48. The topological polar surface area (TPSA) is 156 Å². The maximum Gasteiger partial charge on any atom is 0.320 e. The second-order valence-electron chi connectivity index (χ2n) is 14.0. The SMILES string of the molecule is CN(C)CC1(COc2nc(N3CCCn4nc(C(=O)N(C)C)c(Cl)c4C3)c(C#N)c(N3CC4(CCc5sc(N)c(C#N)c54)C3)n2)CC1(F)F. The van der Waals surface area contributed by atoms with Crippen molar-refractivity contribution >= 4 is 45.5 Å². The normalized spacial score (nSPS) is 21.4. The summed E-state index contributed by atoms with van der Waals surface area (Å²) in [5.74, 6) is -2.60. The van der Waals surface area contributed by atoms with E-state index in [4.69, 9.17) is 22.1 Å². The smallest absolute Gasteiger partial charge is 0.320 e. The van der Waals surface area contributed by atoms with Crippen LogP contribution >= 0.6 is 22.9 Å². The molecule has 1 spiro atoms. The number of hydrogen-bond acceptors (Lipinski definition) is 12. The fourth-order valence-corrected chi connectivity index (χ4v) is 9.00. The number of rotatable bonds is 8. The van der Waals surface area contributed by atoms with Gasteiger partial charge in [-0.15, -0.1) is 11.3 Å². The molecule has 1 saturated carbocycles. The molecule has 0 aromatic carbocycles. The third kappa shape index (κ3) is 5.32. The van der Waals surface area contributed by atoms with Crippen LogP contribution in [0.3, 0.4) is 0 Å². The standard InChI is InChI=1S/C32H36ClF2N11O2S/c1-42(2)16-31(13-32(31,34)35)17-48-29-39-26(44-8-5-9-46-20(12-44)23(33)24(41-46)28(47)43(3)4)19(11-37)27(40-29)45-14-30(15-45)7-6-21-22(30)18(10-36)25(38)49-21/h5-9,12-17,38H2,1-4H3. The zero-order valence-electron chi connectivity index (χ0n) is 27.7. The van der Waals surface area contributed by atoms with E-state index in [1.165, 1.54) is 16.2 Å². The zero-order valence-corrected chi connectivity index (χ0v) is 29.3. The number of aromatic nitrogens is 4. The van der Waals surface area contributed by atoms with Crippen LogP contribution in [0, 0.1) is 28.1 Å². The van der Waals surface area contributed by atoms with E-state index in [1.807, 2.05) is 9.80 Å². The lowest BCUT2D eigenvalue weighted by Crippen LogP contribution is -2.59. The fraction of sp³-hybridized carbons (Fsp3) is 0.562. The van der Waals surface area contributed by atoms with Gasteiger partial charge >= 0.3 is 6.01 Å². The average Bonchev–Trinajstić information content (AvgIpc) is 3.23. The van der Waals surface area contributed by atoms with Crippen LogP contribution in [-0.4, -0.2) is 102 Å². The molecule has 0 radical (unpaired) electrons. The van der Waals surface area contributed by atoms with Gasteiger partial charge in [-0.25, -0.2) is 8.78 Å². The molecule has 1 amide bonds. The molecule has 1 atom stereocenters. The van der Waals surface area contributed by atoms with Gasteiger partial charge < -0.3 is 30.1 Å². The summed E-state index contributed by atoms with van der Waals surface area (Å²) < 4.78 is 37.1. The minimum absolute atomic E-state index is 0.109. The minimum atomic E-state index is -2.89. The van der Waals surface area contributed by atoms with Gasteiger partial charge in [0.2, 0.25) is 0 Å². The van der Waals surface area contributed by atoms with E-state index in [0.29, 0.717) is 54.7 Å². The third-order valence-corrected chi connectivity index (χ3v) is 11.6. The van der Waals surface area contributed by atoms with Crippen LogP contribution in [0.1, 0.15) is 57.0 Å². The number of nitrogen functional groups attached to an aromatic ring is 1. The van der Waals surface area contributed by atoms with Crippen molar-refractivity contribution in [3.05, 3.63) is 38.0 Å². The van der Waals surface area contributed by atoms with Crippen molar-refractivity contribution in [2.45, 2.75) is 50.1 Å². The number of nitrogens with zero attached hydrogens (tertiary/aromatic N) is 10. The Bertz CT molecular complexity index is 1940. The molecule has 258 valence electrons. The predicted octanol–water partition coefficient (Wildman–Crippen LogP) is 3.50.